The van der Waals surface area contributed by atoms with Gasteiger partial charge in [-0.1, -0.05) is 30.3 Å². The van der Waals surface area contributed by atoms with E-state index in [0.717, 1.165) is 42.6 Å². The van der Waals surface area contributed by atoms with Crippen LogP contribution in [-0.4, -0.2) is 54.3 Å². The van der Waals surface area contributed by atoms with Crippen LogP contribution in [0, 0.1) is 5.92 Å². The maximum atomic E-state index is 13.6. The second kappa shape index (κ2) is 10.9. The van der Waals surface area contributed by atoms with Crippen LogP contribution in [0.15, 0.2) is 65.4 Å². The van der Waals surface area contributed by atoms with E-state index in [1.54, 1.807) is 0 Å². The Labute approximate surface area is 219 Å². The molecule has 0 spiro atoms. The van der Waals surface area contributed by atoms with Gasteiger partial charge in [-0.15, -0.1) is 22.7 Å². The van der Waals surface area contributed by atoms with Crippen molar-refractivity contribution in [1.29, 1.82) is 0 Å². The van der Waals surface area contributed by atoms with Gasteiger partial charge in [-0.3, -0.25) is 4.79 Å². The summed E-state index contributed by atoms with van der Waals surface area (Å²) in [5, 5.41) is 18.7. The number of fused-ring (bicyclic) bond motifs is 3. The van der Waals surface area contributed by atoms with Gasteiger partial charge in [0.05, 0.1) is 48.6 Å². The Kier molecular flexibility index (Phi) is 8.15. The lowest BCUT2D eigenvalue weighted by Crippen LogP contribution is -3.00. The van der Waals surface area contributed by atoms with Gasteiger partial charge in [-0.25, -0.2) is 0 Å². The first kappa shape index (κ1) is 25.4. The van der Waals surface area contributed by atoms with Crippen molar-refractivity contribution in [2.75, 3.05) is 32.8 Å². The van der Waals surface area contributed by atoms with E-state index in [4.69, 9.17) is 4.74 Å². The van der Waals surface area contributed by atoms with Crippen molar-refractivity contribution in [1.82, 2.24) is 5.32 Å². The normalized spacial score (nSPS) is 23.8. The molecule has 5 nitrogen and oxygen atoms in total. The van der Waals surface area contributed by atoms with Gasteiger partial charge < -0.3 is 36.6 Å². The fraction of sp³-hybridized carbons (Fsp3) is 0.423. The van der Waals surface area contributed by atoms with Crippen LogP contribution in [0.3, 0.4) is 0 Å². The van der Waals surface area contributed by atoms with Crippen molar-refractivity contribution < 1.29 is 36.1 Å². The summed E-state index contributed by atoms with van der Waals surface area (Å²) in [6.45, 7) is 5.05. The van der Waals surface area contributed by atoms with Crippen molar-refractivity contribution >= 4 is 28.6 Å². The minimum Gasteiger partial charge on any atom is -1.00 e. The zero-order valence-corrected chi connectivity index (χ0v) is 22.3. The number of thiophene rings is 2. The minimum atomic E-state index is -1.62. The molecule has 34 heavy (non-hydrogen) atoms. The highest BCUT2D eigenvalue weighted by Crippen LogP contribution is 2.38. The largest absolute Gasteiger partial charge is 1.00 e. The van der Waals surface area contributed by atoms with Crippen LogP contribution in [0.4, 0.5) is 0 Å². The molecule has 0 aliphatic carbocycles. The van der Waals surface area contributed by atoms with Gasteiger partial charge in [0.25, 0.3) is 5.91 Å². The van der Waals surface area contributed by atoms with Crippen LogP contribution in [0.1, 0.15) is 29.0 Å². The zero-order chi connectivity index (χ0) is 22.7. The number of piperidine rings is 3. The van der Waals surface area contributed by atoms with Crippen LogP contribution in [0.5, 0.6) is 5.75 Å². The number of nitrogens with zero attached hydrogens (tertiary/aromatic N) is 1. The Balaban J connectivity index is 0.00000274. The summed E-state index contributed by atoms with van der Waals surface area (Å²) >= 11 is 2.85. The fourth-order valence-corrected chi connectivity index (χ4v) is 7.19. The molecular formula is C26H31BrN2O3S2. The van der Waals surface area contributed by atoms with Crippen LogP contribution >= 0.6 is 22.7 Å². The van der Waals surface area contributed by atoms with Crippen LogP contribution in [-0.2, 0) is 10.4 Å². The molecule has 3 aliphatic rings. The lowest BCUT2D eigenvalue weighted by Gasteiger charge is -2.53. The maximum absolute atomic E-state index is 13.6. The van der Waals surface area contributed by atoms with E-state index in [-0.39, 0.29) is 28.9 Å². The number of halogens is 1. The van der Waals surface area contributed by atoms with E-state index in [2.05, 4.69) is 5.32 Å². The molecule has 6 rings (SSSR count). The number of hydrogen-bond acceptors (Lipinski definition) is 5. The van der Waals surface area contributed by atoms with E-state index in [1.807, 2.05) is 65.4 Å². The van der Waals surface area contributed by atoms with Crippen molar-refractivity contribution in [2.24, 2.45) is 5.92 Å². The molecule has 1 aromatic carbocycles. The lowest BCUT2D eigenvalue weighted by molar-refractivity contribution is -0.944. The minimum absolute atomic E-state index is 0. The Morgan fingerprint density at radius 1 is 1.03 bits per heavy atom. The van der Waals surface area contributed by atoms with Gasteiger partial charge in [0, 0.05) is 19.3 Å². The molecule has 2 aromatic heterocycles. The third-order valence-electron chi connectivity index (χ3n) is 7.29. The first-order valence-corrected chi connectivity index (χ1v) is 13.5. The predicted molar refractivity (Wildman–Crippen MR) is 133 cm³/mol. The lowest BCUT2D eigenvalue weighted by atomic mass is 9.81. The number of aliphatic hydroxyl groups is 1. The van der Waals surface area contributed by atoms with Gasteiger partial charge >= 0.3 is 0 Å². The summed E-state index contributed by atoms with van der Waals surface area (Å²) < 4.78 is 6.95. The molecular weight excluding hydrogens is 532 g/mol. The SMILES string of the molecule is O=C(N[C@@H]1C[N+]2(CCCOc3ccccc3)CCC1CC2)C(O)(c1cccs1)c1cccs1.[Br-]. The van der Waals surface area contributed by atoms with E-state index < -0.39 is 5.60 Å². The number of rotatable bonds is 9. The van der Waals surface area contributed by atoms with Gasteiger partial charge in [-0.2, -0.15) is 0 Å². The number of benzene rings is 1. The van der Waals surface area contributed by atoms with Gasteiger partial charge in [0.2, 0.25) is 5.60 Å². The van der Waals surface area contributed by atoms with Gasteiger partial charge in [0.15, 0.2) is 0 Å². The molecule has 2 bridgehead atoms. The molecule has 3 fully saturated rings. The Morgan fingerprint density at radius 2 is 1.68 bits per heavy atom. The van der Waals surface area contributed by atoms with Crippen molar-refractivity contribution in [3.8, 4) is 5.75 Å². The molecule has 3 aromatic rings. The summed E-state index contributed by atoms with van der Waals surface area (Å²) in [4.78, 5) is 14.9. The van der Waals surface area contributed by atoms with Crippen molar-refractivity contribution in [3.63, 3.8) is 0 Å². The molecule has 2 N–H and O–H groups in total. The van der Waals surface area contributed by atoms with E-state index in [0.29, 0.717) is 22.3 Å². The van der Waals surface area contributed by atoms with E-state index in [1.165, 1.54) is 35.8 Å². The van der Waals surface area contributed by atoms with Crippen molar-refractivity contribution in [3.05, 3.63) is 75.1 Å². The first-order chi connectivity index (χ1) is 16.1. The van der Waals surface area contributed by atoms with Gasteiger partial charge in [-0.05, 0) is 40.9 Å². The number of carbonyl (C=O) groups excluding carboxylic acids is 1. The molecule has 5 heterocycles. The molecule has 0 radical (unpaired) electrons. The highest BCUT2D eigenvalue weighted by atomic mass is 79.9. The zero-order valence-electron chi connectivity index (χ0n) is 19.1. The standard InChI is InChI=1S/C26H30N2O3S2.BrH/c29-25(26(30,23-9-4-17-32-23)24-10-5-18-33-24)27-22-19-28(14-11-20(22)12-15-28)13-6-16-31-21-7-2-1-3-8-21;/h1-5,7-10,17-18,20,22,30H,6,11-16,19H2;1H/t20?,22-,28?;/m1./s1. The molecule has 8 heteroatoms. The summed E-state index contributed by atoms with van der Waals surface area (Å²) in [7, 11) is 0. The predicted octanol–water partition coefficient (Wildman–Crippen LogP) is 1.24. The third kappa shape index (κ3) is 5.11. The highest BCUT2D eigenvalue weighted by molar-refractivity contribution is 7.12. The average Bonchev–Trinajstić information content (AvgIpc) is 3.58. The third-order valence-corrected chi connectivity index (χ3v) is 9.25. The maximum Gasteiger partial charge on any atom is 0.263 e. The number of para-hydroxylation sites is 1. The molecule has 0 unspecified atom stereocenters. The molecule has 1 atom stereocenters. The number of amides is 1. The summed E-state index contributed by atoms with van der Waals surface area (Å²) in [6, 6.07) is 17.5. The molecule has 182 valence electrons. The van der Waals surface area contributed by atoms with E-state index >= 15 is 0 Å². The Hall–Kier alpha value is -1.71. The second-order valence-electron chi connectivity index (χ2n) is 9.29. The fourth-order valence-electron chi connectivity index (χ4n) is 5.46. The Morgan fingerprint density at radius 3 is 2.26 bits per heavy atom. The molecule has 3 saturated heterocycles. The molecule has 1 amide bonds. The van der Waals surface area contributed by atoms with E-state index in [9.17, 15) is 9.90 Å². The second-order valence-corrected chi connectivity index (χ2v) is 11.2. The summed E-state index contributed by atoms with van der Waals surface area (Å²) in [5.41, 5.74) is -1.62. The number of nitrogens with one attached hydrogen (secondary N) is 1. The number of carbonyl (C=O) groups is 1. The molecule has 0 saturated carbocycles. The molecule has 3 aliphatic heterocycles. The summed E-state index contributed by atoms with van der Waals surface area (Å²) in [6.07, 6.45) is 3.25. The quantitative estimate of drug-likeness (QED) is 0.305. The van der Waals surface area contributed by atoms with Crippen LogP contribution in [0.2, 0.25) is 0 Å². The number of hydrogen-bond donors (Lipinski definition) is 2. The average molecular weight is 564 g/mol. The first-order valence-electron chi connectivity index (χ1n) is 11.7. The highest BCUT2D eigenvalue weighted by Gasteiger charge is 2.49. The number of ether oxygens (including phenoxy) is 1. The van der Waals surface area contributed by atoms with Crippen LogP contribution in [0.25, 0.3) is 0 Å². The summed E-state index contributed by atoms with van der Waals surface area (Å²) in [5.74, 6) is 1.11. The van der Waals surface area contributed by atoms with Crippen molar-refractivity contribution in [2.45, 2.75) is 30.9 Å². The topological polar surface area (TPSA) is 58.6 Å². The Bertz CT molecular complexity index is 1000. The smallest absolute Gasteiger partial charge is 0.263 e. The number of quaternary nitrogens is 1. The van der Waals surface area contributed by atoms with Gasteiger partial charge in [0.1, 0.15) is 5.75 Å². The monoisotopic (exact) mass is 562 g/mol. The van der Waals surface area contributed by atoms with Crippen LogP contribution < -0.4 is 27.0 Å².